The van der Waals surface area contributed by atoms with Crippen molar-refractivity contribution in [2.45, 2.75) is 76.9 Å². The number of benzene rings is 1. The van der Waals surface area contributed by atoms with Crippen LogP contribution >= 0.6 is 0 Å². The molecule has 2 fully saturated rings. The fourth-order valence-electron chi connectivity index (χ4n) is 4.77. The van der Waals surface area contributed by atoms with Crippen LogP contribution in [0.25, 0.3) is 0 Å². The lowest BCUT2D eigenvalue weighted by Gasteiger charge is -2.38. The molecule has 1 aromatic rings. The number of halogens is 3. The van der Waals surface area contributed by atoms with E-state index in [4.69, 9.17) is 10.5 Å². The summed E-state index contributed by atoms with van der Waals surface area (Å²) in [5.74, 6) is -0.679. The fraction of sp³-hybridized carbons (Fsp3) is 0.696. The fourth-order valence-corrected chi connectivity index (χ4v) is 4.77. The molecule has 0 amide bonds. The van der Waals surface area contributed by atoms with Crippen molar-refractivity contribution in [3.63, 3.8) is 0 Å². The van der Waals surface area contributed by atoms with E-state index in [1.165, 1.54) is 6.42 Å². The molecular weight excluding hydrogens is 393 g/mol. The third-order valence-electron chi connectivity index (χ3n) is 6.27. The molecule has 2 N–H and O–H groups in total. The van der Waals surface area contributed by atoms with Gasteiger partial charge in [-0.25, -0.2) is 0 Å². The van der Waals surface area contributed by atoms with E-state index in [9.17, 15) is 18.0 Å². The summed E-state index contributed by atoms with van der Waals surface area (Å²) in [6.45, 7) is 4.15. The second-order valence-corrected chi connectivity index (χ2v) is 8.89. The Kier molecular flexibility index (Phi) is 7.19. The Balaban J connectivity index is 1.76. The molecule has 1 unspecified atom stereocenters. The van der Waals surface area contributed by atoms with Crippen LogP contribution < -0.4 is 10.6 Å². The first kappa shape index (κ1) is 22.8. The molecule has 3 rings (SSSR count). The van der Waals surface area contributed by atoms with E-state index < -0.39 is 18.5 Å². The van der Waals surface area contributed by atoms with E-state index in [1.54, 1.807) is 13.8 Å². The van der Waals surface area contributed by atoms with Gasteiger partial charge < -0.3 is 15.4 Å². The normalized spacial score (nSPS) is 23.1. The highest BCUT2D eigenvalue weighted by Gasteiger charge is 2.45. The molecule has 4 nitrogen and oxygen atoms in total. The molecule has 0 aromatic heterocycles. The number of carbonyl (C=O) groups is 1. The maximum atomic E-state index is 12.9. The third kappa shape index (κ3) is 5.82. The van der Waals surface area contributed by atoms with Crippen LogP contribution in [0, 0.1) is 11.8 Å². The van der Waals surface area contributed by atoms with Gasteiger partial charge in [0.25, 0.3) is 0 Å². The number of hydrogen-bond acceptors (Lipinski definition) is 4. The van der Waals surface area contributed by atoms with E-state index in [-0.39, 0.29) is 23.8 Å². The van der Waals surface area contributed by atoms with Gasteiger partial charge in [-0.3, -0.25) is 4.79 Å². The van der Waals surface area contributed by atoms with E-state index in [0.717, 1.165) is 43.4 Å². The molecular formula is C23H33F3N2O2. The van der Waals surface area contributed by atoms with Crippen molar-refractivity contribution >= 4 is 17.3 Å². The number of hydrogen-bond donors (Lipinski definition) is 1. The summed E-state index contributed by atoms with van der Waals surface area (Å²) in [6, 6.07) is 6.01. The first-order chi connectivity index (χ1) is 14.2. The van der Waals surface area contributed by atoms with Crippen molar-refractivity contribution < 1.29 is 22.7 Å². The number of nitrogen functional groups attached to an aromatic ring is 1. The largest absolute Gasteiger partial charge is 0.466 e. The van der Waals surface area contributed by atoms with Crippen LogP contribution in [0.3, 0.4) is 0 Å². The average Bonchev–Trinajstić information content (AvgIpc) is 3.47. The number of nitrogens with two attached hydrogens (primary N) is 1. The Labute approximate surface area is 176 Å². The van der Waals surface area contributed by atoms with Crippen LogP contribution in [0.15, 0.2) is 18.2 Å². The van der Waals surface area contributed by atoms with Crippen molar-refractivity contribution in [1.29, 1.82) is 0 Å². The molecule has 0 aliphatic heterocycles. The van der Waals surface area contributed by atoms with Crippen LogP contribution in [0.2, 0.25) is 0 Å². The minimum Gasteiger partial charge on any atom is -0.466 e. The van der Waals surface area contributed by atoms with Gasteiger partial charge in [-0.15, -0.1) is 0 Å². The zero-order valence-corrected chi connectivity index (χ0v) is 17.9. The summed E-state index contributed by atoms with van der Waals surface area (Å²) < 4.78 is 43.8. The molecule has 2 saturated carbocycles. The Bertz CT molecular complexity index is 732. The minimum atomic E-state index is -4.17. The van der Waals surface area contributed by atoms with Gasteiger partial charge in [0.2, 0.25) is 0 Å². The second kappa shape index (κ2) is 9.48. The molecule has 0 spiro atoms. The van der Waals surface area contributed by atoms with Crippen molar-refractivity contribution in [2.75, 3.05) is 23.8 Å². The van der Waals surface area contributed by atoms with E-state index in [1.807, 2.05) is 18.2 Å². The van der Waals surface area contributed by atoms with Gasteiger partial charge in [-0.05, 0) is 55.7 Å². The lowest BCUT2D eigenvalue weighted by atomic mass is 9.92. The predicted molar refractivity (Wildman–Crippen MR) is 112 cm³/mol. The first-order valence-electron chi connectivity index (χ1n) is 11.1. The van der Waals surface area contributed by atoms with Gasteiger partial charge in [-0.1, -0.05) is 32.3 Å². The maximum absolute atomic E-state index is 12.9. The van der Waals surface area contributed by atoms with Crippen LogP contribution in [0.1, 0.15) is 70.3 Å². The first-order valence-corrected chi connectivity index (χ1v) is 11.1. The number of esters is 1. The van der Waals surface area contributed by atoms with Crippen molar-refractivity contribution in [3.8, 4) is 0 Å². The van der Waals surface area contributed by atoms with Crippen LogP contribution in [-0.4, -0.2) is 31.3 Å². The van der Waals surface area contributed by atoms with Gasteiger partial charge in [0.05, 0.1) is 23.9 Å². The second-order valence-electron chi connectivity index (χ2n) is 8.89. The zero-order valence-electron chi connectivity index (χ0n) is 17.9. The Hall–Kier alpha value is -1.92. The SMILES string of the molecule is CCOC(=O)[C@H]1C[C@H]1c1ccc(N(CC(C)CC(F)(F)F)C2CCCCC2)c(N)c1. The highest BCUT2D eigenvalue weighted by atomic mass is 19.4. The molecule has 30 heavy (non-hydrogen) atoms. The third-order valence-corrected chi connectivity index (χ3v) is 6.27. The quantitative estimate of drug-likeness (QED) is 0.430. The minimum absolute atomic E-state index is 0.114. The lowest BCUT2D eigenvalue weighted by molar-refractivity contribution is -0.145. The van der Waals surface area contributed by atoms with Crippen molar-refractivity contribution in [3.05, 3.63) is 23.8 Å². The summed E-state index contributed by atoms with van der Waals surface area (Å²) in [5.41, 5.74) is 8.79. The zero-order chi connectivity index (χ0) is 21.9. The summed E-state index contributed by atoms with van der Waals surface area (Å²) in [5, 5.41) is 0. The lowest BCUT2D eigenvalue weighted by Crippen LogP contribution is -2.41. The van der Waals surface area contributed by atoms with Gasteiger partial charge in [0.1, 0.15) is 0 Å². The average molecular weight is 427 g/mol. The van der Waals surface area contributed by atoms with E-state index >= 15 is 0 Å². The monoisotopic (exact) mass is 426 g/mol. The molecule has 168 valence electrons. The summed E-state index contributed by atoms with van der Waals surface area (Å²) in [7, 11) is 0. The molecule has 0 heterocycles. The molecule has 1 aromatic carbocycles. The van der Waals surface area contributed by atoms with E-state index in [0.29, 0.717) is 18.8 Å². The summed E-state index contributed by atoms with van der Waals surface area (Å²) in [4.78, 5) is 14.0. The van der Waals surface area contributed by atoms with Crippen LogP contribution in [-0.2, 0) is 9.53 Å². The number of nitrogens with zero attached hydrogens (tertiary/aromatic N) is 1. The molecule has 7 heteroatoms. The maximum Gasteiger partial charge on any atom is 0.389 e. The summed E-state index contributed by atoms with van der Waals surface area (Å²) >= 11 is 0. The number of ether oxygens (including phenoxy) is 1. The molecule has 2 aliphatic rings. The van der Waals surface area contributed by atoms with Gasteiger partial charge >= 0.3 is 12.1 Å². The van der Waals surface area contributed by atoms with Gasteiger partial charge in [0, 0.05) is 19.0 Å². The number of anilines is 2. The predicted octanol–water partition coefficient (Wildman–Crippen LogP) is 5.66. The Morgan fingerprint density at radius 2 is 1.97 bits per heavy atom. The van der Waals surface area contributed by atoms with E-state index in [2.05, 4.69) is 4.90 Å². The Morgan fingerprint density at radius 1 is 1.27 bits per heavy atom. The number of rotatable bonds is 8. The smallest absolute Gasteiger partial charge is 0.389 e. The molecule has 0 radical (unpaired) electrons. The standard InChI is InChI=1S/C23H33F3N2O2/c1-3-30-22(29)19-12-18(19)16-9-10-21(20(27)11-16)28(17-7-5-4-6-8-17)14-15(2)13-23(24,25)26/h9-11,15,17-19H,3-8,12-14,27H2,1-2H3/t15?,18-,19-/m0/s1. The molecule has 0 saturated heterocycles. The number of alkyl halides is 3. The Morgan fingerprint density at radius 3 is 2.57 bits per heavy atom. The van der Waals surface area contributed by atoms with Crippen LogP contribution in [0.4, 0.5) is 24.5 Å². The van der Waals surface area contributed by atoms with Crippen LogP contribution in [0.5, 0.6) is 0 Å². The van der Waals surface area contributed by atoms with Gasteiger partial charge in [-0.2, -0.15) is 13.2 Å². The van der Waals surface area contributed by atoms with Gasteiger partial charge in [0.15, 0.2) is 0 Å². The van der Waals surface area contributed by atoms with Crippen molar-refractivity contribution in [1.82, 2.24) is 0 Å². The molecule has 0 bridgehead atoms. The molecule has 3 atom stereocenters. The molecule has 2 aliphatic carbocycles. The highest BCUT2D eigenvalue weighted by Crippen LogP contribution is 2.49. The topological polar surface area (TPSA) is 55.6 Å². The highest BCUT2D eigenvalue weighted by molar-refractivity contribution is 5.78. The summed E-state index contributed by atoms with van der Waals surface area (Å²) in [6.07, 6.45) is 1.12. The number of carbonyl (C=O) groups excluding carboxylic acids is 1. The van der Waals surface area contributed by atoms with Crippen molar-refractivity contribution in [2.24, 2.45) is 11.8 Å².